The predicted molar refractivity (Wildman–Crippen MR) is 130 cm³/mol. The molecule has 0 aliphatic rings. The van der Waals surface area contributed by atoms with Gasteiger partial charge in [-0.1, -0.05) is 69.0 Å². The zero-order valence-electron chi connectivity index (χ0n) is 16.5. The van der Waals surface area contributed by atoms with Crippen molar-refractivity contribution in [3.05, 3.63) is 71.4 Å². The third-order valence-corrected chi connectivity index (χ3v) is 6.56. The Bertz CT molecular complexity index is 784. The zero-order valence-corrected chi connectivity index (χ0v) is 19.0. The van der Waals surface area contributed by atoms with Gasteiger partial charge < -0.3 is 0 Å². The fourth-order valence-electron chi connectivity index (χ4n) is 2.75. The highest BCUT2D eigenvalue weighted by molar-refractivity contribution is 7.65. The monoisotopic (exact) mass is 429 g/mol. The first-order chi connectivity index (χ1) is 13.8. The normalized spacial score (nSPS) is 10.0. The molecule has 4 heteroatoms. The van der Waals surface area contributed by atoms with Gasteiger partial charge in [-0.25, -0.2) is 0 Å². The van der Waals surface area contributed by atoms with Crippen LogP contribution < -0.4 is 0 Å². The number of thiophene rings is 2. The van der Waals surface area contributed by atoms with Crippen LogP contribution in [0.5, 0.6) is 0 Å². The summed E-state index contributed by atoms with van der Waals surface area (Å²) in [6.45, 7) is 2.22. The third kappa shape index (κ3) is 8.59. The van der Waals surface area contributed by atoms with E-state index in [1.807, 2.05) is 0 Å². The van der Waals surface area contributed by atoms with Crippen molar-refractivity contribution in [2.75, 3.05) is 5.75 Å². The summed E-state index contributed by atoms with van der Waals surface area (Å²) in [5, 5.41) is 6.93. The lowest BCUT2D eigenvalue weighted by Crippen LogP contribution is -1.82. The van der Waals surface area contributed by atoms with Crippen LogP contribution in [0.25, 0.3) is 20.2 Å². The molecule has 0 unspecified atom stereocenters. The van der Waals surface area contributed by atoms with Crippen molar-refractivity contribution in [1.29, 1.82) is 0 Å². The van der Waals surface area contributed by atoms with Gasteiger partial charge in [0, 0.05) is 20.0 Å². The first-order valence-corrected chi connectivity index (χ1v) is 12.6. The summed E-state index contributed by atoms with van der Waals surface area (Å²) in [4.78, 5) is 0. The van der Waals surface area contributed by atoms with Gasteiger partial charge in [-0.15, -0.1) is 22.7 Å². The molecule has 1 nitrogen and oxygen atoms in total. The number of hydrogen-bond acceptors (Lipinski definition) is 3. The molecule has 0 fully saturated rings. The predicted octanol–water partition coefficient (Wildman–Crippen LogP) is 8.58. The molecule has 0 amide bonds. The lowest BCUT2D eigenvalue weighted by atomic mass is 10.1. The maximum Gasteiger partial charge on any atom is 0.458 e. The highest BCUT2D eigenvalue weighted by Crippen LogP contribution is 2.19. The number of rotatable bonds is 7. The minimum atomic E-state index is 0.715. The van der Waals surface area contributed by atoms with Crippen LogP contribution in [-0.2, 0) is 15.9 Å². The number of fused-ring (bicyclic) bond motifs is 2. The van der Waals surface area contributed by atoms with E-state index in [9.17, 15) is 4.21 Å². The van der Waals surface area contributed by atoms with Crippen molar-refractivity contribution in [2.24, 2.45) is 0 Å². The van der Waals surface area contributed by atoms with Gasteiger partial charge in [0.1, 0.15) is 0 Å². The summed E-state index contributed by atoms with van der Waals surface area (Å²) in [5.41, 5.74) is 0. The molecular weight excluding hydrogens is 400 g/mol. The van der Waals surface area contributed by atoms with Gasteiger partial charge in [0.05, 0.1) is 0 Å². The average molecular weight is 430 g/mol. The Labute approximate surface area is 180 Å². The quantitative estimate of drug-likeness (QED) is 0.212. The standard InChI is InChI=1S/C8H17OS.2C8H6S/c1-2-3-4-5-6-7-8-10-9;2*1-2-4-8-7(3-1)5-6-9-8/h2-8H2,1H3;2*1-6H/q+1;;. The molecule has 2 aromatic heterocycles. The van der Waals surface area contributed by atoms with Crippen LogP contribution in [0.4, 0.5) is 0 Å². The molecule has 0 aliphatic heterocycles. The summed E-state index contributed by atoms with van der Waals surface area (Å²) < 4.78 is 12.7. The molecule has 4 rings (SSSR count). The highest BCUT2D eigenvalue weighted by atomic mass is 32.1. The van der Waals surface area contributed by atoms with Crippen molar-refractivity contribution in [1.82, 2.24) is 0 Å². The van der Waals surface area contributed by atoms with Crippen molar-refractivity contribution in [3.63, 3.8) is 0 Å². The van der Waals surface area contributed by atoms with Crippen LogP contribution in [-0.4, -0.2) is 5.75 Å². The Kier molecular flexibility index (Phi) is 11.6. The van der Waals surface area contributed by atoms with E-state index in [0.717, 1.165) is 12.2 Å². The van der Waals surface area contributed by atoms with Crippen LogP contribution in [0.3, 0.4) is 0 Å². The van der Waals surface area contributed by atoms with Crippen LogP contribution in [0, 0.1) is 0 Å². The molecular formula is C24H29OS3+. The Morgan fingerprint density at radius 1 is 0.679 bits per heavy atom. The fourth-order valence-corrected chi connectivity index (χ4v) is 4.66. The largest absolute Gasteiger partial charge is 0.458 e. The number of benzene rings is 2. The summed E-state index contributed by atoms with van der Waals surface area (Å²) in [7, 11) is 0. The maximum atomic E-state index is 9.94. The van der Waals surface area contributed by atoms with Crippen molar-refractivity contribution >= 4 is 54.5 Å². The smallest absolute Gasteiger partial charge is 0.144 e. The molecule has 148 valence electrons. The number of hydrogen-bond donors (Lipinski definition) is 0. The Hall–Kier alpha value is -1.62. The molecule has 0 radical (unpaired) electrons. The van der Waals surface area contributed by atoms with E-state index >= 15 is 0 Å². The lowest BCUT2D eigenvalue weighted by molar-refractivity contribution is 0.597. The second-order valence-electron chi connectivity index (χ2n) is 6.51. The topological polar surface area (TPSA) is 17.1 Å². The first-order valence-electron chi connectivity index (χ1n) is 9.94. The Morgan fingerprint density at radius 2 is 1.18 bits per heavy atom. The van der Waals surface area contributed by atoms with Crippen LogP contribution in [0.1, 0.15) is 45.4 Å². The molecule has 4 aromatic rings. The number of unbranched alkanes of at least 4 members (excludes halogenated alkanes) is 5. The molecule has 2 heterocycles. The van der Waals surface area contributed by atoms with E-state index in [-0.39, 0.29) is 0 Å². The second kappa shape index (κ2) is 14.4. The van der Waals surface area contributed by atoms with Crippen molar-refractivity contribution < 1.29 is 4.21 Å². The SMILES string of the molecule is CCCCCCCC[S+]=O.c1ccc2sccc2c1.c1ccc2sccc2c1. The minimum Gasteiger partial charge on any atom is -0.144 e. The zero-order chi connectivity index (χ0) is 19.9. The third-order valence-electron chi connectivity index (χ3n) is 4.30. The molecule has 2 aromatic carbocycles. The summed E-state index contributed by atoms with van der Waals surface area (Å²) >= 11 is 4.29. The van der Waals surface area contributed by atoms with E-state index in [1.54, 1.807) is 22.7 Å². The van der Waals surface area contributed by atoms with E-state index in [0.29, 0.717) is 11.7 Å². The van der Waals surface area contributed by atoms with Gasteiger partial charge in [-0.3, -0.25) is 0 Å². The van der Waals surface area contributed by atoms with E-state index in [2.05, 4.69) is 78.3 Å². The van der Waals surface area contributed by atoms with Gasteiger partial charge in [-0.2, -0.15) is 0 Å². The van der Waals surface area contributed by atoms with E-state index in [1.165, 1.54) is 52.3 Å². The first kappa shape index (κ1) is 22.7. The summed E-state index contributed by atoms with van der Waals surface area (Å²) in [5.74, 6) is 0.798. The van der Waals surface area contributed by atoms with Crippen molar-refractivity contribution in [3.8, 4) is 0 Å². The molecule has 0 saturated heterocycles. The fraction of sp³-hybridized carbons (Fsp3) is 0.333. The van der Waals surface area contributed by atoms with Gasteiger partial charge in [0.15, 0.2) is 0 Å². The average Bonchev–Trinajstić information content (AvgIpc) is 3.41. The molecule has 0 aliphatic carbocycles. The van der Waals surface area contributed by atoms with Gasteiger partial charge in [-0.05, 0) is 52.2 Å². The lowest BCUT2D eigenvalue weighted by Gasteiger charge is -1.93. The molecule has 0 atom stereocenters. The van der Waals surface area contributed by atoms with Crippen LogP contribution in [0.2, 0.25) is 0 Å². The van der Waals surface area contributed by atoms with E-state index in [4.69, 9.17) is 0 Å². The minimum absolute atomic E-state index is 0.715. The summed E-state index contributed by atoms with van der Waals surface area (Å²) in [6.07, 6.45) is 7.67. The molecule has 0 spiro atoms. The second-order valence-corrected chi connectivity index (χ2v) is 9.05. The highest BCUT2D eigenvalue weighted by Gasteiger charge is 1.96. The molecule has 28 heavy (non-hydrogen) atoms. The van der Waals surface area contributed by atoms with E-state index < -0.39 is 0 Å². The van der Waals surface area contributed by atoms with Gasteiger partial charge in [0.25, 0.3) is 0 Å². The summed E-state index contributed by atoms with van der Waals surface area (Å²) in [6, 6.07) is 21.1. The molecule has 0 saturated carbocycles. The molecule has 0 bridgehead atoms. The maximum absolute atomic E-state index is 9.94. The Morgan fingerprint density at radius 3 is 1.68 bits per heavy atom. The van der Waals surface area contributed by atoms with Gasteiger partial charge >= 0.3 is 11.7 Å². The van der Waals surface area contributed by atoms with Gasteiger partial charge in [0.2, 0.25) is 5.75 Å². The molecule has 0 N–H and O–H groups in total. The van der Waals surface area contributed by atoms with Crippen LogP contribution in [0.15, 0.2) is 71.4 Å². The van der Waals surface area contributed by atoms with Crippen molar-refractivity contribution in [2.45, 2.75) is 45.4 Å². The van der Waals surface area contributed by atoms with Crippen LogP contribution >= 0.6 is 22.7 Å². The Balaban J connectivity index is 0.000000150.